The second-order valence-electron chi connectivity index (χ2n) is 8.22. The van der Waals surface area contributed by atoms with Crippen LogP contribution in [0.25, 0.3) is 6.08 Å². The monoisotopic (exact) mass is 566 g/mol. The minimum atomic E-state index is -0.829. The molecule has 37 heavy (non-hydrogen) atoms. The molecule has 1 N–H and O–H groups in total. The number of unbranched alkanes of at least 4 members (excludes halogenated alkanes) is 1. The molecule has 0 unspecified atom stereocenters. The maximum absolute atomic E-state index is 13.9. The van der Waals surface area contributed by atoms with Crippen LogP contribution in [0.4, 0.5) is 14.9 Å². The maximum Gasteiger partial charge on any atom is 0.335 e. The lowest BCUT2D eigenvalue weighted by Crippen LogP contribution is -2.54. The molecule has 4 rings (SSSR count). The Balaban J connectivity index is 1.51. The van der Waals surface area contributed by atoms with Crippen LogP contribution in [0.5, 0.6) is 11.5 Å². The first-order valence-corrected chi connectivity index (χ1v) is 12.5. The summed E-state index contributed by atoms with van der Waals surface area (Å²) in [6.45, 7) is 2.67. The smallest absolute Gasteiger partial charge is 0.335 e. The Kier molecular flexibility index (Phi) is 8.35. The van der Waals surface area contributed by atoms with Crippen LogP contribution in [0, 0.1) is 5.82 Å². The average Bonchev–Trinajstić information content (AvgIpc) is 2.88. The summed E-state index contributed by atoms with van der Waals surface area (Å²) < 4.78 is 25.7. The molecule has 3 aromatic rings. The first-order chi connectivity index (χ1) is 17.9. The number of urea groups is 1. The molecule has 0 radical (unpaired) electrons. The summed E-state index contributed by atoms with van der Waals surface area (Å²) >= 11 is 3.41. The molecule has 4 amide bonds. The zero-order chi connectivity index (χ0) is 26.4. The van der Waals surface area contributed by atoms with Gasteiger partial charge < -0.3 is 9.47 Å². The van der Waals surface area contributed by atoms with E-state index in [4.69, 9.17) is 9.47 Å². The van der Waals surface area contributed by atoms with Crippen LogP contribution in [-0.4, -0.2) is 24.5 Å². The van der Waals surface area contributed by atoms with E-state index in [1.54, 1.807) is 60.7 Å². The van der Waals surface area contributed by atoms with E-state index in [0.29, 0.717) is 39.4 Å². The summed E-state index contributed by atoms with van der Waals surface area (Å²) in [5.74, 6) is -0.815. The molecule has 190 valence electrons. The van der Waals surface area contributed by atoms with Gasteiger partial charge >= 0.3 is 6.03 Å². The normalized spacial score (nSPS) is 14.6. The van der Waals surface area contributed by atoms with Crippen LogP contribution in [0.15, 0.2) is 76.8 Å². The lowest BCUT2D eigenvalue weighted by atomic mass is 10.1. The Bertz CT molecular complexity index is 1360. The molecule has 0 atom stereocenters. The largest absolute Gasteiger partial charge is 0.494 e. The summed E-state index contributed by atoms with van der Waals surface area (Å²) in [6, 6.07) is 17.0. The van der Waals surface area contributed by atoms with Crippen LogP contribution in [0.1, 0.15) is 30.9 Å². The molecule has 0 bridgehead atoms. The number of barbiturate groups is 1. The molecular weight excluding hydrogens is 543 g/mol. The van der Waals surface area contributed by atoms with Crippen molar-refractivity contribution in [3.63, 3.8) is 0 Å². The minimum Gasteiger partial charge on any atom is -0.494 e. The number of nitrogens with one attached hydrogen (secondary N) is 1. The molecule has 0 spiro atoms. The fourth-order valence-electron chi connectivity index (χ4n) is 3.58. The first kappa shape index (κ1) is 26.1. The maximum atomic E-state index is 13.9. The van der Waals surface area contributed by atoms with Crippen molar-refractivity contribution < 1.29 is 28.2 Å². The van der Waals surface area contributed by atoms with E-state index in [9.17, 15) is 18.8 Å². The molecule has 1 fully saturated rings. The van der Waals surface area contributed by atoms with Crippen molar-refractivity contribution in [2.45, 2.75) is 26.4 Å². The third-order valence-electron chi connectivity index (χ3n) is 5.57. The zero-order valence-corrected chi connectivity index (χ0v) is 21.6. The van der Waals surface area contributed by atoms with Gasteiger partial charge in [0.15, 0.2) is 0 Å². The number of carbonyl (C=O) groups is 3. The molecule has 1 aliphatic rings. The van der Waals surface area contributed by atoms with Gasteiger partial charge in [0.25, 0.3) is 11.8 Å². The summed E-state index contributed by atoms with van der Waals surface area (Å²) in [5.41, 5.74) is 1.05. The summed E-state index contributed by atoms with van der Waals surface area (Å²) in [6.07, 6.45) is 3.31. The van der Waals surface area contributed by atoms with Crippen LogP contribution in [0.3, 0.4) is 0 Å². The fraction of sp³-hybridized carbons (Fsp3) is 0.179. The highest BCUT2D eigenvalue weighted by atomic mass is 79.9. The van der Waals surface area contributed by atoms with Crippen LogP contribution in [0.2, 0.25) is 0 Å². The van der Waals surface area contributed by atoms with Crippen molar-refractivity contribution in [2.75, 3.05) is 11.5 Å². The molecule has 1 aliphatic heterocycles. The molecule has 0 aliphatic carbocycles. The van der Waals surface area contributed by atoms with E-state index in [2.05, 4.69) is 28.2 Å². The van der Waals surface area contributed by atoms with Gasteiger partial charge in [-0.1, -0.05) is 37.6 Å². The van der Waals surface area contributed by atoms with Crippen LogP contribution in [-0.2, 0) is 16.2 Å². The number of ether oxygens (including phenoxy) is 2. The Labute approximate surface area is 222 Å². The van der Waals surface area contributed by atoms with Crippen molar-refractivity contribution in [3.8, 4) is 11.5 Å². The number of nitrogens with zero attached hydrogens (tertiary/aromatic N) is 1. The fourth-order valence-corrected chi connectivity index (χ4v) is 4.09. The first-order valence-electron chi connectivity index (χ1n) is 11.7. The SMILES string of the molecule is CCCCOc1ccc(N2C(=O)NC(=O)/C(=C/c3ccc(OCc4ccccc4F)c(Br)c3)C2=O)cc1. The molecule has 0 aromatic heterocycles. The van der Waals surface area contributed by atoms with Crippen molar-refractivity contribution in [3.05, 3.63) is 93.7 Å². The molecule has 1 saturated heterocycles. The molecule has 3 aromatic carbocycles. The predicted octanol–water partition coefficient (Wildman–Crippen LogP) is 6.01. The standard InChI is InChI=1S/C28H24BrFN2O5/c1-2-3-14-36-21-11-9-20(10-12-21)32-27(34)22(26(33)31-28(32)35)15-18-8-13-25(23(29)16-18)37-17-19-6-4-5-7-24(19)30/h4-13,15-16H,2-3,14,17H2,1H3,(H,31,33,35)/b22-15-. The number of imide groups is 2. The lowest BCUT2D eigenvalue weighted by molar-refractivity contribution is -0.122. The van der Waals surface area contributed by atoms with E-state index in [1.807, 2.05) is 0 Å². The lowest BCUT2D eigenvalue weighted by Gasteiger charge is -2.26. The van der Waals surface area contributed by atoms with Crippen molar-refractivity contribution in [2.24, 2.45) is 0 Å². The van der Waals surface area contributed by atoms with Crippen molar-refractivity contribution in [1.29, 1.82) is 0 Å². The highest BCUT2D eigenvalue weighted by Gasteiger charge is 2.36. The molecule has 0 saturated carbocycles. The van der Waals surface area contributed by atoms with Crippen molar-refractivity contribution >= 4 is 45.5 Å². The van der Waals surface area contributed by atoms with Gasteiger partial charge in [-0.15, -0.1) is 0 Å². The number of anilines is 1. The zero-order valence-electron chi connectivity index (χ0n) is 20.0. The number of carbonyl (C=O) groups excluding carboxylic acids is 3. The van der Waals surface area contributed by atoms with E-state index in [0.717, 1.165) is 17.7 Å². The van der Waals surface area contributed by atoms with Gasteiger partial charge in [-0.2, -0.15) is 0 Å². The number of rotatable bonds is 9. The summed E-state index contributed by atoms with van der Waals surface area (Å²) in [4.78, 5) is 39.1. The molecule has 9 heteroatoms. The second kappa shape index (κ2) is 11.8. The number of amides is 4. The Hall–Kier alpha value is -3.98. The highest BCUT2D eigenvalue weighted by Crippen LogP contribution is 2.29. The van der Waals surface area contributed by atoms with Gasteiger partial charge in [-0.25, -0.2) is 14.1 Å². The highest BCUT2D eigenvalue weighted by molar-refractivity contribution is 9.10. The van der Waals surface area contributed by atoms with Gasteiger partial charge in [-0.3, -0.25) is 14.9 Å². The molecular formula is C28H24BrFN2O5. The summed E-state index contributed by atoms with van der Waals surface area (Å²) in [7, 11) is 0. The van der Waals surface area contributed by atoms with Gasteiger partial charge in [0.1, 0.15) is 29.5 Å². The van der Waals surface area contributed by atoms with Crippen LogP contribution >= 0.6 is 15.9 Å². The third-order valence-corrected chi connectivity index (χ3v) is 6.19. The Morgan fingerprint density at radius 3 is 2.46 bits per heavy atom. The number of halogens is 2. The summed E-state index contributed by atoms with van der Waals surface area (Å²) in [5, 5.41) is 2.21. The van der Waals surface area contributed by atoms with Crippen LogP contribution < -0.4 is 19.7 Å². The van der Waals surface area contributed by atoms with Gasteiger partial charge in [-0.05, 0) is 76.5 Å². The second-order valence-corrected chi connectivity index (χ2v) is 9.08. The van der Waals surface area contributed by atoms with E-state index < -0.39 is 17.8 Å². The Morgan fingerprint density at radius 1 is 1.00 bits per heavy atom. The predicted molar refractivity (Wildman–Crippen MR) is 141 cm³/mol. The van der Waals surface area contributed by atoms with Crippen molar-refractivity contribution in [1.82, 2.24) is 5.32 Å². The topological polar surface area (TPSA) is 84.9 Å². The van der Waals surface area contributed by atoms with Gasteiger partial charge in [0.2, 0.25) is 0 Å². The molecule has 7 nitrogen and oxygen atoms in total. The minimum absolute atomic E-state index is 0.0338. The number of hydrogen-bond acceptors (Lipinski definition) is 5. The van der Waals surface area contributed by atoms with E-state index in [-0.39, 0.29) is 18.0 Å². The number of hydrogen-bond donors (Lipinski definition) is 1. The molecule has 1 heterocycles. The average molecular weight is 567 g/mol. The quantitative estimate of drug-likeness (QED) is 0.195. The van der Waals surface area contributed by atoms with Gasteiger partial charge in [0.05, 0.1) is 16.8 Å². The third kappa shape index (κ3) is 6.24. The van der Waals surface area contributed by atoms with Gasteiger partial charge in [0, 0.05) is 5.56 Å². The van der Waals surface area contributed by atoms with E-state index >= 15 is 0 Å². The number of benzene rings is 3. The Morgan fingerprint density at radius 2 is 1.76 bits per heavy atom. The van der Waals surface area contributed by atoms with E-state index in [1.165, 1.54) is 12.1 Å².